The summed E-state index contributed by atoms with van der Waals surface area (Å²) in [5.74, 6) is 0.213. The third-order valence-electron chi connectivity index (χ3n) is 2.92. The van der Waals surface area contributed by atoms with Crippen LogP contribution >= 0.6 is 11.8 Å². The highest BCUT2D eigenvalue weighted by molar-refractivity contribution is 8.00. The van der Waals surface area contributed by atoms with E-state index in [1.165, 1.54) is 6.08 Å². The molecule has 1 unspecified atom stereocenters. The minimum absolute atomic E-state index is 0.621. The molecule has 1 aromatic rings. The number of hydrogen-bond acceptors (Lipinski definition) is 3. The topological polar surface area (TPSA) is 40.5 Å². The van der Waals surface area contributed by atoms with E-state index in [1.54, 1.807) is 6.08 Å². The summed E-state index contributed by atoms with van der Waals surface area (Å²) in [5.41, 5.74) is 2.10. The third kappa shape index (κ3) is 3.29. The van der Waals surface area contributed by atoms with Crippen LogP contribution in [0.1, 0.15) is 12.5 Å². The third-order valence-corrected chi connectivity index (χ3v) is 4.06. The molecule has 4 heteroatoms. The minimum atomic E-state index is -0.910. The van der Waals surface area contributed by atoms with Crippen LogP contribution in [0.5, 0.6) is 0 Å². The second kappa shape index (κ2) is 5.96. The van der Waals surface area contributed by atoms with Crippen molar-refractivity contribution in [3.8, 4) is 0 Å². The first-order chi connectivity index (χ1) is 8.66. The van der Waals surface area contributed by atoms with Gasteiger partial charge in [-0.1, -0.05) is 25.1 Å². The van der Waals surface area contributed by atoms with Crippen molar-refractivity contribution in [3.63, 3.8) is 0 Å². The Morgan fingerprint density at radius 1 is 1.50 bits per heavy atom. The Kier molecular flexibility index (Phi) is 4.31. The molecule has 1 heterocycles. The molecule has 0 radical (unpaired) electrons. The van der Waals surface area contributed by atoms with Gasteiger partial charge in [-0.05, 0) is 17.7 Å². The van der Waals surface area contributed by atoms with Crippen molar-refractivity contribution in [3.05, 3.63) is 35.9 Å². The Bertz CT molecular complexity index is 459. The minimum Gasteiger partial charge on any atom is -0.478 e. The normalized spacial score (nSPS) is 20.3. The Morgan fingerprint density at radius 2 is 2.28 bits per heavy atom. The van der Waals surface area contributed by atoms with Gasteiger partial charge in [0.15, 0.2) is 0 Å². The van der Waals surface area contributed by atoms with Crippen molar-refractivity contribution in [2.24, 2.45) is 0 Å². The molecule has 1 aromatic carbocycles. The summed E-state index contributed by atoms with van der Waals surface area (Å²) < 4.78 is 0. The Labute approximate surface area is 111 Å². The number of nitrogens with zero attached hydrogens (tertiary/aromatic N) is 1. The van der Waals surface area contributed by atoms with Crippen molar-refractivity contribution in [1.29, 1.82) is 0 Å². The van der Waals surface area contributed by atoms with E-state index >= 15 is 0 Å². The van der Waals surface area contributed by atoms with Gasteiger partial charge in [-0.2, -0.15) is 11.8 Å². The summed E-state index contributed by atoms with van der Waals surface area (Å²) >= 11 is 1.99. The average molecular weight is 263 g/mol. The molecular formula is C14H17NO2S. The second-order valence-electron chi connectivity index (χ2n) is 4.36. The van der Waals surface area contributed by atoms with Crippen molar-refractivity contribution in [2.75, 3.05) is 23.7 Å². The van der Waals surface area contributed by atoms with Gasteiger partial charge in [-0.25, -0.2) is 4.79 Å². The van der Waals surface area contributed by atoms with E-state index in [-0.39, 0.29) is 0 Å². The predicted molar refractivity (Wildman–Crippen MR) is 77.2 cm³/mol. The van der Waals surface area contributed by atoms with Crippen molar-refractivity contribution >= 4 is 29.5 Å². The Hall–Kier alpha value is -1.42. The number of hydrogen-bond donors (Lipinski definition) is 1. The number of rotatable bonds is 3. The summed E-state index contributed by atoms with van der Waals surface area (Å²) in [4.78, 5) is 12.9. The number of carboxylic acid groups (broad SMARTS) is 1. The summed E-state index contributed by atoms with van der Waals surface area (Å²) in [5, 5.41) is 9.33. The van der Waals surface area contributed by atoms with Gasteiger partial charge >= 0.3 is 5.97 Å². The largest absolute Gasteiger partial charge is 0.478 e. The summed E-state index contributed by atoms with van der Waals surface area (Å²) in [6.45, 7) is 4.27. The van der Waals surface area contributed by atoms with Crippen molar-refractivity contribution < 1.29 is 9.90 Å². The average Bonchev–Trinajstić information content (AvgIpc) is 2.36. The molecule has 1 fully saturated rings. The molecule has 1 atom stereocenters. The molecule has 0 bridgehead atoms. The molecule has 18 heavy (non-hydrogen) atoms. The van der Waals surface area contributed by atoms with Gasteiger partial charge in [0, 0.05) is 35.9 Å². The molecule has 0 saturated carbocycles. The van der Waals surface area contributed by atoms with Crippen LogP contribution in [0.3, 0.4) is 0 Å². The smallest absolute Gasteiger partial charge is 0.328 e. The standard InChI is InChI=1S/C14H17NO2S/c1-11-10-15(8-9-18-11)13-5-3-2-4-12(13)6-7-14(16)17/h2-7,11H,8-10H2,1H3,(H,16,17)/b7-6+. The van der Waals surface area contributed by atoms with Gasteiger partial charge < -0.3 is 10.0 Å². The van der Waals surface area contributed by atoms with Crippen LogP contribution in [-0.4, -0.2) is 35.2 Å². The SMILES string of the molecule is CC1CN(c2ccccc2/C=C/C(=O)O)CCS1. The van der Waals surface area contributed by atoms with Crippen molar-refractivity contribution in [1.82, 2.24) is 0 Å². The molecule has 3 nitrogen and oxygen atoms in total. The zero-order valence-corrected chi connectivity index (χ0v) is 11.2. The first-order valence-corrected chi connectivity index (χ1v) is 7.08. The van der Waals surface area contributed by atoms with Gasteiger partial charge in [-0.15, -0.1) is 0 Å². The number of carboxylic acids is 1. The highest BCUT2D eigenvalue weighted by Gasteiger charge is 2.18. The molecule has 0 aliphatic carbocycles. The molecule has 2 rings (SSSR count). The van der Waals surface area contributed by atoms with Crippen molar-refractivity contribution in [2.45, 2.75) is 12.2 Å². The number of carbonyl (C=O) groups is 1. The van der Waals surface area contributed by atoms with Crippen LogP contribution in [0.4, 0.5) is 5.69 Å². The zero-order valence-electron chi connectivity index (χ0n) is 10.4. The maximum atomic E-state index is 10.6. The molecule has 0 amide bonds. The molecule has 1 saturated heterocycles. The quantitative estimate of drug-likeness (QED) is 0.851. The van der Waals surface area contributed by atoms with E-state index in [0.717, 1.165) is 30.1 Å². The summed E-state index contributed by atoms with van der Waals surface area (Å²) in [7, 11) is 0. The lowest BCUT2D eigenvalue weighted by Gasteiger charge is -2.33. The highest BCUT2D eigenvalue weighted by Crippen LogP contribution is 2.27. The lowest BCUT2D eigenvalue weighted by molar-refractivity contribution is -0.131. The maximum absolute atomic E-state index is 10.6. The predicted octanol–water partition coefficient (Wildman–Crippen LogP) is 2.73. The van der Waals surface area contributed by atoms with E-state index in [2.05, 4.69) is 17.9 Å². The molecule has 1 N–H and O–H groups in total. The molecule has 1 aliphatic heterocycles. The lowest BCUT2D eigenvalue weighted by Crippen LogP contribution is -2.36. The fourth-order valence-electron chi connectivity index (χ4n) is 2.11. The first-order valence-electron chi connectivity index (χ1n) is 6.03. The fraction of sp³-hybridized carbons (Fsp3) is 0.357. The van der Waals surface area contributed by atoms with Crippen LogP contribution in [0.2, 0.25) is 0 Å². The van der Waals surface area contributed by atoms with Crippen LogP contribution in [0.25, 0.3) is 6.08 Å². The fourth-order valence-corrected chi connectivity index (χ4v) is 3.13. The second-order valence-corrected chi connectivity index (χ2v) is 5.90. The number of aliphatic carboxylic acids is 1. The monoisotopic (exact) mass is 263 g/mol. The molecule has 0 aromatic heterocycles. The number of para-hydroxylation sites is 1. The molecule has 1 aliphatic rings. The summed E-state index contributed by atoms with van der Waals surface area (Å²) in [6.07, 6.45) is 2.87. The van der Waals surface area contributed by atoms with Crippen LogP contribution in [0, 0.1) is 0 Å². The van der Waals surface area contributed by atoms with Crippen LogP contribution in [-0.2, 0) is 4.79 Å². The molecule has 0 spiro atoms. The van der Waals surface area contributed by atoms with Gasteiger partial charge in [0.2, 0.25) is 0 Å². The van der Waals surface area contributed by atoms with E-state index in [1.807, 2.05) is 30.0 Å². The number of thioether (sulfide) groups is 1. The van der Waals surface area contributed by atoms with Gasteiger partial charge in [0.1, 0.15) is 0 Å². The molecular weight excluding hydrogens is 246 g/mol. The zero-order chi connectivity index (χ0) is 13.0. The van der Waals surface area contributed by atoms with Gasteiger partial charge in [-0.3, -0.25) is 0 Å². The number of anilines is 1. The van der Waals surface area contributed by atoms with Crippen LogP contribution < -0.4 is 4.90 Å². The lowest BCUT2D eigenvalue weighted by atomic mass is 10.1. The highest BCUT2D eigenvalue weighted by atomic mass is 32.2. The Balaban J connectivity index is 2.23. The molecule has 96 valence electrons. The van der Waals surface area contributed by atoms with Crippen LogP contribution in [0.15, 0.2) is 30.3 Å². The number of benzene rings is 1. The Morgan fingerprint density at radius 3 is 3.00 bits per heavy atom. The summed E-state index contributed by atoms with van der Waals surface area (Å²) in [6, 6.07) is 7.96. The maximum Gasteiger partial charge on any atom is 0.328 e. The first kappa shape index (κ1) is 13.0. The van der Waals surface area contributed by atoms with E-state index in [9.17, 15) is 4.79 Å². The van der Waals surface area contributed by atoms with E-state index in [0.29, 0.717) is 5.25 Å². The van der Waals surface area contributed by atoms with E-state index < -0.39 is 5.97 Å². The van der Waals surface area contributed by atoms with Gasteiger partial charge in [0.05, 0.1) is 0 Å². The van der Waals surface area contributed by atoms with Gasteiger partial charge in [0.25, 0.3) is 0 Å². The van der Waals surface area contributed by atoms with E-state index in [4.69, 9.17) is 5.11 Å².